The Morgan fingerprint density at radius 1 is 1.32 bits per heavy atom. The van der Waals surface area contributed by atoms with Gasteiger partial charge in [-0.05, 0) is 30.7 Å². The molecule has 0 radical (unpaired) electrons. The van der Waals surface area contributed by atoms with E-state index in [-0.39, 0.29) is 16.1 Å². The van der Waals surface area contributed by atoms with Crippen molar-refractivity contribution in [1.82, 2.24) is 14.6 Å². The van der Waals surface area contributed by atoms with Crippen molar-refractivity contribution in [1.29, 1.82) is 0 Å². The molecule has 0 aliphatic heterocycles. The quantitative estimate of drug-likeness (QED) is 0.759. The van der Waals surface area contributed by atoms with Crippen LogP contribution in [0.25, 0.3) is 5.52 Å². The summed E-state index contributed by atoms with van der Waals surface area (Å²) in [6.07, 6.45) is 2.50. The van der Waals surface area contributed by atoms with Crippen LogP contribution in [-0.2, 0) is 10.0 Å². The van der Waals surface area contributed by atoms with E-state index in [1.165, 1.54) is 41.2 Å². The summed E-state index contributed by atoms with van der Waals surface area (Å²) in [4.78, 5) is 11.4. The first kappa shape index (κ1) is 14.3. The van der Waals surface area contributed by atoms with Gasteiger partial charge < -0.3 is 0 Å². The van der Waals surface area contributed by atoms with Gasteiger partial charge >= 0.3 is 0 Å². The van der Waals surface area contributed by atoms with E-state index in [0.29, 0.717) is 5.56 Å². The number of halogens is 1. The highest BCUT2D eigenvalue weighted by atomic mass is 32.2. The molecule has 0 aliphatic carbocycles. The number of hydrogen-bond donors (Lipinski definition) is 2. The number of rotatable bonds is 3. The Labute approximate surface area is 124 Å². The van der Waals surface area contributed by atoms with Gasteiger partial charge in [0.15, 0.2) is 0 Å². The van der Waals surface area contributed by atoms with Crippen molar-refractivity contribution in [2.24, 2.45) is 0 Å². The van der Waals surface area contributed by atoms with E-state index in [0.717, 1.165) is 0 Å². The van der Waals surface area contributed by atoms with Crippen molar-refractivity contribution in [3.8, 4) is 0 Å². The zero-order valence-electron chi connectivity index (χ0n) is 11.4. The Kier molecular flexibility index (Phi) is 3.21. The average molecular weight is 322 g/mol. The molecular formula is C13H11FN4O3S. The van der Waals surface area contributed by atoms with Crippen LogP contribution in [0.5, 0.6) is 0 Å². The van der Waals surface area contributed by atoms with Crippen LogP contribution in [0.15, 0.2) is 46.5 Å². The van der Waals surface area contributed by atoms with Gasteiger partial charge in [-0.15, -0.1) is 0 Å². The minimum Gasteiger partial charge on any atom is -0.300 e. The molecule has 9 heteroatoms. The monoisotopic (exact) mass is 322 g/mol. The Balaban J connectivity index is 2.06. The number of aryl methyl sites for hydroxylation is 1. The highest BCUT2D eigenvalue weighted by Gasteiger charge is 2.19. The van der Waals surface area contributed by atoms with E-state index in [1.807, 2.05) is 0 Å². The van der Waals surface area contributed by atoms with Crippen molar-refractivity contribution in [2.75, 3.05) is 4.72 Å². The van der Waals surface area contributed by atoms with Crippen LogP contribution in [0.3, 0.4) is 0 Å². The number of fused-ring (bicyclic) bond motifs is 1. The van der Waals surface area contributed by atoms with Gasteiger partial charge in [-0.3, -0.25) is 13.9 Å². The van der Waals surface area contributed by atoms with Gasteiger partial charge in [0.1, 0.15) is 22.6 Å². The van der Waals surface area contributed by atoms with Crippen molar-refractivity contribution < 1.29 is 12.8 Å². The topological polar surface area (TPSA) is 96.3 Å². The summed E-state index contributed by atoms with van der Waals surface area (Å²) in [7, 11) is -4.02. The molecule has 0 atom stereocenters. The SMILES string of the molecule is Cc1ccc(F)c(NS(=O)(=O)c2cc3c(=O)[nH]ncn3c2)c1. The second-order valence-corrected chi connectivity index (χ2v) is 6.43. The third-order valence-corrected chi connectivity index (χ3v) is 4.41. The minimum atomic E-state index is -4.02. The predicted octanol–water partition coefficient (Wildman–Crippen LogP) is 1.27. The Morgan fingerprint density at radius 3 is 2.82 bits per heavy atom. The molecule has 0 amide bonds. The number of benzene rings is 1. The van der Waals surface area contributed by atoms with Crippen LogP contribution in [0, 0.1) is 12.7 Å². The Morgan fingerprint density at radius 2 is 2.09 bits per heavy atom. The summed E-state index contributed by atoms with van der Waals surface area (Å²) in [6, 6.07) is 5.29. The van der Waals surface area contributed by atoms with Gasteiger partial charge in [-0.25, -0.2) is 17.9 Å². The molecule has 114 valence electrons. The fraction of sp³-hybridized carbons (Fsp3) is 0.0769. The molecule has 2 aromatic heterocycles. The van der Waals surface area contributed by atoms with Crippen molar-refractivity contribution in [3.05, 3.63) is 58.5 Å². The summed E-state index contributed by atoms with van der Waals surface area (Å²) in [6.45, 7) is 1.72. The van der Waals surface area contributed by atoms with Crippen LogP contribution in [0.4, 0.5) is 10.1 Å². The molecule has 0 fully saturated rings. The number of aromatic nitrogens is 3. The summed E-state index contributed by atoms with van der Waals surface area (Å²) in [5.74, 6) is -0.683. The lowest BCUT2D eigenvalue weighted by Crippen LogP contribution is -2.13. The molecule has 2 N–H and O–H groups in total. The van der Waals surface area contributed by atoms with Crippen LogP contribution in [-0.4, -0.2) is 23.0 Å². The fourth-order valence-electron chi connectivity index (χ4n) is 2.01. The van der Waals surface area contributed by atoms with Gasteiger partial charge in [0.05, 0.1) is 5.69 Å². The fourth-order valence-corrected chi connectivity index (χ4v) is 3.09. The second-order valence-electron chi connectivity index (χ2n) is 4.74. The van der Waals surface area contributed by atoms with Gasteiger partial charge in [0, 0.05) is 6.20 Å². The lowest BCUT2D eigenvalue weighted by atomic mass is 10.2. The summed E-state index contributed by atoms with van der Waals surface area (Å²) >= 11 is 0. The summed E-state index contributed by atoms with van der Waals surface area (Å²) < 4.78 is 41.8. The molecule has 0 unspecified atom stereocenters. The van der Waals surface area contributed by atoms with Crippen LogP contribution >= 0.6 is 0 Å². The number of aromatic amines is 1. The predicted molar refractivity (Wildman–Crippen MR) is 77.8 cm³/mol. The summed E-state index contributed by atoms with van der Waals surface area (Å²) in [5, 5.41) is 5.77. The molecule has 2 heterocycles. The molecule has 0 saturated heterocycles. The molecule has 3 aromatic rings. The first-order valence-corrected chi connectivity index (χ1v) is 7.69. The minimum absolute atomic E-state index is 0.125. The first-order valence-electron chi connectivity index (χ1n) is 6.21. The normalized spacial score (nSPS) is 11.7. The van der Waals surface area contributed by atoms with Crippen molar-refractivity contribution >= 4 is 21.2 Å². The lowest BCUT2D eigenvalue weighted by Gasteiger charge is -2.08. The molecular weight excluding hydrogens is 311 g/mol. The van der Waals surface area contributed by atoms with Crippen LogP contribution in [0.2, 0.25) is 0 Å². The number of hydrogen-bond acceptors (Lipinski definition) is 4. The number of nitrogens with zero attached hydrogens (tertiary/aromatic N) is 2. The molecule has 0 spiro atoms. The van der Waals surface area contributed by atoms with Crippen LogP contribution < -0.4 is 10.3 Å². The van der Waals surface area contributed by atoms with E-state index in [2.05, 4.69) is 14.9 Å². The standard InChI is InChI=1S/C13H11FN4O3S/c1-8-2-3-10(14)11(4-8)17-22(20,21)9-5-12-13(19)16-15-7-18(12)6-9/h2-7,17H,1H3,(H,16,19). The third-order valence-electron chi connectivity index (χ3n) is 3.08. The van der Waals surface area contributed by atoms with Crippen LogP contribution in [0.1, 0.15) is 5.56 Å². The lowest BCUT2D eigenvalue weighted by molar-refractivity contribution is 0.598. The average Bonchev–Trinajstić information content (AvgIpc) is 2.89. The van der Waals surface area contributed by atoms with Gasteiger partial charge in [-0.2, -0.15) is 5.10 Å². The van der Waals surface area contributed by atoms with Crippen molar-refractivity contribution in [3.63, 3.8) is 0 Å². The molecule has 22 heavy (non-hydrogen) atoms. The second kappa shape index (κ2) is 4.95. The highest BCUT2D eigenvalue weighted by Crippen LogP contribution is 2.21. The number of nitrogens with one attached hydrogen (secondary N) is 2. The Hall–Kier alpha value is -2.68. The number of H-pyrrole nitrogens is 1. The van der Waals surface area contributed by atoms with Gasteiger partial charge in [0.2, 0.25) is 0 Å². The molecule has 3 rings (SSSR count). The van der Waals surface area contributed by atoms with Gasteiger partial charge in [-0.1, -0.05) is 6.07 Å². The molecule has 0 saturated carbocycles. The number of sulfonamides is 1. The molecule has 1 aromatic carbocycles. The van der Waals surface area contributed by atoms with E-state index < -0.39 is 21.4 Å². The third kappa shape index (κ3) is 2.46. The Bertz CT molecular complexity index is 1020. The van der Waals surface area contributed by atoms with E-state index >= 15 is 0 Å². The smallest absolute Gasteiger partial charge is 0.288 e. The zero-order chi connectivity index (χ0) is 15.9. The van der Waals surface area contributed by atoms with E-state index in [4.69, 9.17) is 0 Å². The van der Waals surface area contributed by atoms with Crippen molar-refractivity contribution in [2.45, 2.75) is 11.8 Å². The summed E-state index contributed by atoms with van der Waals surface area (Å²) in [5.41, 5.74) is 0.162. The maximum atomic E-state index is 13.7. The van der Waals surface area contributed by atoms with Gasteiger partial charge in [0.25, 0.3) is 15.6 Å². The zero-order valence-corrected chi connectivity index (χ0v) is 12.2. The maximum Gasteiger partial charge on any atom is 0.288 e. The molecule has 0 bridgehead atoms. The highest BCUT2D eigenvalue weighted by molar-refractivity contribution is 7.92. The first-order chi connectivity index (χ1) is 10.4. The maximum absolute atomic E-state index is 13.7. The molecule has 7 nitrogen and oxygen atoms in total. The number of anilines is 1. The molecule has 0 aliphatic rings. The largest absolute Gasteiger partial charge is 0.300 e. The van der Waals surface area contributed by atoms with E-state index in [1.54, 1.807) is 6.92 Å². The van der Waals surface area contributed by atoms with E-state index in [9.17, 15) is 17.6 Å².